The summed E-state index contributed by atoms with van der Waals surface area (Å²) in [5.74, 6) is -0.657. The van der Waals surface area contributed by atoms with E-state index in [2.05, 4.69) is 15.3 Å². The van der Waals surface area contributed by atoms with Crippen molar-refractivity contribution in [1.29, 1.82) is 0 Å². The van der Waals surface area contributed by atoms with E-state index in [1.54, 1.807) is 42.7 Å². The molecule has 1 aromatic heterocycles. The normalized spacial score (nSPS) is 12.7. The maximum atomic E-state index is 12.5. The summed E-state index contributed by atoms with van der Waals surface area (Å²) >= 11 is 0. The van der Waals surface area contributed by atoms with Gasteiger partial charge in [-0.3, -0.25) is 19.3 Å². The number of imide groups is 1. The van der Waals surface area contributed by atoms with E-state index in [1.807, 2.05) is 0 Å². The van der Waals surface area contributed by atoms with Crippen molar-refractivity contribution in [2.75, 3.05) is 12.4 Å². The Morgan fingerprint density at radius 1 is 0.964 bits per heavy atom. The van der Waals surface area contributed by atoms with E-state index in [4.69, 9.17) is 4.74 Å². The molecule has 3 aromatic rings. The van der Waals surface area contributed by atoms with Gasteiger partial charge in [-0.25, -0.2) is 9.97 Å². The number of anilines is 1. The second-order valence-electron chi connectivity index (χ2n) is 6.04. The molecule has 8 nitrogen and oxygen atoms in total. The molecule has 0 fully saturated rings. The van der Waals surface area contributed by atoms with Crippen LogP contribution in [0.3, 0.4) is 0 Å². The highest BCUT2D eigenvalue weighted by Crippen LogP contribution is 2.24. The third-order valence-corrected chi connectivity index (χ3v) is 4.22. The van der Waals surface area contributed by atoms with E-state index in [9.17, 15) is 14.4 Å². The van der Waals surface area contributed by atoms with Crippen molar-refractivity contribution in [3.05, 3.63) is 77.6 Å². The summed E-state index contributed by atoms with van der Waals surface area (Å²) in [6.45, 7) is 0. The Kier molecular flexibility index (Phi) is 4.29. The van der Waals surface area contributed by atoms with E-state index in [0.717, 1.165) is 4.90 Å². The van der Waals surface area contributed by atoms with Crippen LogP contribution >= 0.6 is 0 Å². The first-order valence-corrected chi connectivity index (χ1v) is 8.35. The first-order chi connectivity index (χ1) is 13.5. The van der Waals surface area contributed by atoms with E-state index < -0.39 is 11.8 Å². The zero-order valence-corrected chi connectivity index (χ0v) is 14.7. The first kappa shape index (κ1) is 17.3. The highest BCUT2D eigenvalue weighted by molar-refractivity contribution is 6.22. The van der Waals surface area contributed by atoms with Crippen LogP contribution in [0, 0.1) is 0 Å². The summed E-state index contributed by atoms with van der Waals surface area (Å²) in [5.41, 5.74) is 1.36. The Morgan fingerprint density at radius 3 is 2.36 bits per heavy atom. The number of benzene rings is 2. The quantitative estimate of drug-likeness (QED) is 0.705. The number of fused-ring (bicyclic) bond motifs is 1. The summed E-state index contributed by atoms with van der Waals surface area (Å²) in [6, 6.07) is 13.0. The average molecular weight is 374 g/mol. The number of hydrogen-bond acceptors (Lipinski definition) is 6. The van der Waals surface area contributed by atoms with Gasteiger partial charge in [0, 0.05) is 30.7 Å². The van der Waals surface area contributed by atoms with Crippen molar-refractivity contribution in [2.24, 2.45) is 0 Å². The fourth-order valence-electron chi connectivity index (χ4n) is 2.76. The van der Waals surface area contributed by atoms with E-state index >= 15 is 0 Å². The van der Waals surface area contributed by atoms with Crippen LogP contribution in [0.1, 0.15) is 31.1 Å². The van der Waals surface area contributed by atoms with Crippen LogP contribution in [0.15, 0.2) is 60.9 Å². The maximum Gasteiger partial charge on any atom is 0.321 e. The molecule has 0 atom stereocenters. The lowest BCUT2D eigenvalue weighted by Crippen LogP contribution is -2.24. The molecule has 8 heteroatoms. The summed E-state index contributed by atoms with van der Waals surface area (Å²) in [6.07, 6.45) is 3.15. The summed E-state index contributed by atoms with van der Waals surface area (Å²) in [5, 5.41) is 2.74. The number of nitrogens with one attached hydrogen (secondary N) is 1. The molecule has 3 amide bonds. The van der Waals surface area contributed by atoms with Gasteiger partial charge < -0.3 is 10.1 Å². The molecular weight excluding hydrogens is 360 g/mol. The van der Waals surface area contributed by atoms with Gasteiger partial charge in [-0.1, -0.05) is 0 Å². The zero-order valence-electron chi connectivity index (χ0n) is 14.7. The van der Waals surface area contributed by atoms with Crippen molar-refractivity contribution >= 4 is 23.4 Å². The molecular formula is C20H14N4O4. The minimum absolute atomic E-state index is 0.224. The minimum Gasteiger partial charge on any atom is -0.424 e. The third-order valence-electron chi connectivity index (χ3n) is 4.22. The Balaban J connectivity index is 1.47. The summed E-state index contributed by atoms with van der Waals surface area (Å²) in [7, 11) is 1.41. The smallest absolute Gasteiger partial charge is 0.321 e. The van der Waals surface area contributed by atoms with Gasteiger partial charge in [0.05, 0.1) is 11.1 Å². The van der Waals surface area contributed by atoms with Crippen molar-refractivity contribution in [2.45, 2.75) is 0 Å². The Hall–Kier alpha value is -4.07. The molecule has 1 aliphatic heterocycles. The Morgan fingerprint density at radius 2 is 1.64 bits per heavy atom. The zero-order chi connectivity index (χ0) is 19.7. The van der Waals surface area contributed by atoms with Gasteiger partial charge >= 0.3 is 6.01 Å². The number of aromatic nitrogens is 2. The van der Waals surface area contributed by atoms with Gasteiger partial charge in [-0.05, 0) is 48.5 Å². The van der Waals surface area contributed by atoms with Crippen LogP contribution in [0.5, 0.6) is 11.8 Å². The van der Waals surface area contributed by atoms with E-state index in [-0.39, 0.29) is 23.0 Å². The Bertz CT molecular complexity index is 1080. The van der Waals surface area contributed by atoms with Gasteiger partial charge in [0.1, 0.15) is 5.75 Å². The second kappa shape index (κ2) is 6.92. The highest BCUT2D eigenvalue weighted by Gasteiger charge is 2.33. The topological polar surface area (TPSA) is 101 Å². The SMILES string of the molecule is CN1C(=O)c2ccc(C(=O)Nc3ccc(Oc4ncccn4)cc3)cc2C1=O. The van der Waals surface area contributed by atoms with Crippen molar-refractivity contribution in [3.8, 4) is 11.8 Å². The fourth-order valence-corrected chi connectivity index (χ4v) is 2.76. The van der Waals surface area contributed by atoms with Gasteiger partial charge in [0.2, 0.25) is 0 Å². The molecule has 1 N–H and O–H groups in total. The lowest BCUT2D eigenvalue weighted by Gasteiger charge is -2.08. The first-order valence-electron chi connectivity index (χ1n) is 8.35. The molecule has 4 rings (SSSR count). The van der Waals surface area contributed by atoms with Crippen LogP contribution in [0.2, 0.25) is 0 Å². The molecule has 1 aliphatic rings. The second-order valence-corrected chi connectivity index (χ2v) is 6.04. The van der Waals surface area contributed by atoms with Crippen LogP contribution in [-0.2, 0) is 0 Å². The van der Waals surface area contributed by atoms with Crippen molar-refractivity contribution in [1.82, 2.24) is 14.9 Å². The Labute approximate surface area is 159 Å². The number of carbonyl (C=O) groups is 3. The minimum atomic E-state index is -0.417. The standard InChI is InChI=1S/C20H14N4O4/c1-24-18(26)15-8-3-12(11-16(15)19(24)27)17(25)23-13-4-6-14(7-5-13)28-20-21-9-2-10-22-20/h2-11H,1H3,(H,23,25). The monoisotopic (exact) mass is 374 g/mol. The number of ether oxygens (including phenoxy) is 1. The molecule has 2 aromatic carbocycles. The van der Waals surface area contributed by atoms with Crippen molar-refractivity contribution < 1.29 is 19.1 Å². The fraction of sp³-hybridized carbons (Fsp3) is 0.0500. The van der Waals surface area contributed by atoms with Crippen LogP contribution < -0.4 is 10.1 Å². The van der Waals surface area contributed by atoms with Crippen LogP contribution in [-0.4, -0.2) is 39.6 Å². The number of nitrogens with zero attached hydrogens (tertiary/aromatic N) is 3. The molecule has 2 heterocycles. The molecule has 138 valence electrons. The van der Waals surface area contributed by atoms with Gasteiger partial charge in [0.25, 0.3) is 17.7 Å². The van der Waals surface area contributed by atoms with E-state index in [0.29, 0.717) is 17.0 Å². The molecule has 28 heavy (non-hydrogen) atoms. The van der Waals surface area contributed by atoms with Crippen molar-refractivity contribution in [3.63, 3.8) is 0 Å². The number of carbonyl (C=O) groups excluding carboxylic acids is 3. The number of rotatable bonds is 4. The number of amides is 3. The largest absolute Gasteiger partial charge is 0.424 e. The molecule has 0 saturated carbocycles. The summed E-state index contributed by atoms with van der Waals surface area (Å²) in [4.78, 5) is 45.5. The lowest BCUT2D eigenvalue weighted by atomic mass is 10.1. The average Bonchev–Trinajstić information content (AvgIpc) is 2.94. The van der Waals surface area contributed by atoms with Crippen LogP contribution in [0.4, 0.5) is 5.69 Å². The number of hydrogen-bond donors (Lipinski definition) is 1. The van der Waals surface area contributed by atoms with Gasteiger partial charge in [-0.15, -0.1) is 0 Å². The highest BCUT2D eigenvalue weighted by atomic mass is 16.5. The predicted molar refractivity (Wildman–Crippen MR) is 99.4 cm³/mol. The molecule has 0 radical (unpaired) electrons. The summed E-state index contributed by atoms with van der Waals surface area (Å²) < 4.78 is 5.50. The van der Waals surface area contributed by atoms with E-state index in [1.165, 1.54) is 25.2 Å². The predicted octanol–water partition coefficient (Wildman–Crippen LogP) is 2.75. The molecule has 0 saturated heterocycles. The van der Waals surface area contributed by atoms with Gasteiger partial charge in [0.15, 0.2) is 0 Å². The molecule has 0 aliphatic carbocycles. The van der Waals surface area contributed by atoms with Crippen LogP contribution in [0.25, 0.3) is 0 Å². The molecule has 0 spiro atoms. The third kappa shape index (κ3) is 3.18. The lowest BCUT2D eigenvalue weighted by molar-refractivity contribution is 0.0693. The molecule has 0 unspecified atom stereocenters. The van der Waals surface area contributed by atoms with Gasteiger partial charge in [-0.2, -0.15) is 0 Å². The molecule has 0 bridgehead atoms. The maximum absolute atomic E-state index is 12.5.